The number of hydrazone groups is 1. The number of benzene rings is 2. The first-order valence-electron chi connectivity index (χ1n) is 10.3. The van der Waals surface area contributed by atoms with Crippen molar-refractivity contribution in [2.45, 2.75) is 44.4 Å². The zero-order valence-electron chi connectivity index (χ0n) is 16.0. The van der Waals surface area contributed by atoms with Gasteiger partial charge in [-0.25, -0.2) is 5.01 Å². The molecule has 1 atom stereocenters. The lowest BCUT2D eigenvalue weighted by atomic mass is 9.90. The van der Waals surface area contributed by atoms with E-state index in [1.165, 1.54) is 29.8 Å². The molecule has 0 amide bonds. The van der Waals surface area contributed by atoms with Crippen LogP contribution in [0.5, 0.6) is 5.75 Å². The average Bonchev–Trinajstić information content (AvgIpc) is 3.18. The minimum absolute atomic E-state index is 0.285. The van der Waals surface area contributed by atoms with Gasteiger partial charge < -0.3 is 9.64 Å². The molecule has 3 aliphatic rings. The van der Waals surface area contributed by atoms with Gasteiger partial charge in [0.2, 0.25) is 5.72 Å². The first-order valence-corrected chi connectivity index (χ1v) is 10.3. The fourth-order valence-electron chi connectivity index (χ4n) is 4.96. The largest absolute Gasteiger partial charge is 0.466 e. The van der Waals surface area contributed by atoms with Crippen LogP contribution < -0.4 is 9.64 Å². The summed E-state index contributed by atoms with van der Waals surface area (Å²) in [6.07, 6.45) is 4.28. The Labute approximate surface area is 161 Å². The minimum Gasteiger partial charge on any atom is -0.466 e. The van der Waals surface area contributed by atoms with Crippen molar-refractivity contribution in [2.75, 3.05) is 19.6 Å². The normalized spacial score (nSPS) is 29.1. The summed E-state index contributed by atoms with van der Waals surface area (Å²) < 4.78 is 6.69. The zero-order chi connectivity index (χ0) is 18.3. The van der Waals surface area contributed by atoms with Crippen LogP contribution in [0.25, 0.3) is 0 Å². The Balaban J connectivity index is 1.51. The summed E-state index contributed by atoms with van der Waals surface area (Å²) in [7, 11) is 0. The molecule has 1 spiro atoms. The molecule has 2 aromatic carbocycles. The van der Waals surface area contributed by atoms with Gasteiger partial charge in [-0.15, -0.1) is 0 Å². The second kappa shape index (κ2) is 6.68. The highest BCUT2D eigenvalue weighted by molar-refractivity contribution is 6.01. The van der Waals surface area contributed by atoms with Gasteiger partial charge in [0.05, 0.1) is 44.2 Å². The first-order chi connectivity index (χ1) is 13.3. The third-order valence-corrected chi connectivity index (χ3v) is 6.35. The summed E-state index contributed by atoms with van der Waals surface area (Å²) in [5.74, 6) is 1.06. The third-order valence-electron chi connectivity index (χ3n) is 6.35. The second-order valence-electron chi connectivity index (χ2n) is 8.06. The molecule has 4 heteroatoms. The quantitative estimate of drug-likeness (QED) is 0.909. The molecule has 0 radical (unpaired) electrons. The average molecular weight is 362 g/mol. The van der Waals surface area contributed by atoms with E-state index in [0.29, 0.717) is 0 Å². The summed E-state index contributed by atoms with van der Waals surface area (Å²) in [5.41, 5.74) is 3.41. The summed E-state index contributed by atoms with van der Waals surface area (Å²) in [4.78, 5) is 1.70. The van der Waals surface area contributed by atoms with Crippen molar-refractivity contribution >= 4 is 5.71 Å². The van der Waals surface area contributed by atoms with Crippen molar-refractivity contribution in [2.24, 2.45) is 5.10 Å². The fourth-order valence-corrected chi connectivity index (χ4v) is 4.96. The van der Waals surface area contributed by atoms with Crippen LogP contribution in [0.3, 0.4) is 0 Å². The SMILES string of the molecule is CCC[NH+]1CCC2(CC1)Oc1ccccc1[C@H]1CC(c3ccccc3)=NN12. The van der Waals surface area contributed by atoms with E-state index in [9.17, 15) is 0 Å². The number of ether oxygens (including phenoxy) is 1. The molecule has 1 N–H and O–H groups in total. The Bertz CT molecular complexity index is 840. The van der Waals surface area contributed by atoms with Gasteiger partial charge in [0.25, 0.3) is 0 Å². The number of hydrogen-bond acceptors (Lipinski definition) is 3. The first kappa shape index (κ1) is 16.8. The molecule has 1 fully saturated rings. The molecule has 0 unspecified atom stereocenters. The summed E-state index contributed by atoms with van der Waals surface area (Å²) in [5, 5.41) is 7.46. The topological polar surface area (TPSA) is 29.3 Å². The van der Waals surface area contributed by atoms with Crippen LogP contribution in [-0.2, 0) is 0 Å². The molecule has 27 heavy (non-hydrogen) atoms. The Morgan fingerprint density at radius 3 is 2.59 bits per heavy atom. The number of rotatable bonds is 3. The molecule has 0 saturated carbocycles. The highest BCUT2D eigenvalue weighted by Crippen LogP contribution is 2.49. The molecular weight excluding hydrogens is 334 g/mol. The number of hydrogen-bond donors (Lipinski definition) is 1. The third kappa shape index (κ3) is 2.83. The van der Waals surface area contributed by atoms with Crippen molar-refractivity contribution < 1.29 is 9.64 Å². The van der Waals surface area contributed by atoms with Crippen molar-refractivity contribution in [1.82, 2.24) is 5.01 Å². The van der Waals surface area contributed by atoms with Gasteiger partial charge in [-0.1, -0.05) is 55.5 Å². The van der Waals surface area contributed by atoms with Gasteiger partial charge in [-0.2, -0.15) is 5.10 Å². The molecule has 5 rings (SSSR count). The van der Waals surface area contributed by atoms with E-state index in [0.717, 1.165) is 38.1 Å². The van der Waals surface area contributed by atoms with Crippen molar-refractivity contribution in [3.63, 3.8) is 0 Å². The lowest BCUT2D eigenvalue weighted by Gasteiger charge is -2.50. The molecule has 140 valence electrons. The Hall–Kier alpha value is -2.33. The van der Waals surface area contributed by atoms with Crippen LogP contribution in [0.1, 0.15) is 49.8 Å². The lowest BCUT2D eigenvalue weighted by Crippen LogP contribution is -3.14. The maximum atomic E-state index is 6.69. The minimum atomic E-state index is -0.285. The highest BCUT2D eigenvalue weighted by atomic mass is 16.5. The summed E-state index contributed by atoms with van der Waals surface area (Å²) in [6, 6.07) is 19.5. The Morgan fingerprint density at radius 2 is 1.81 bits per heavy atom. The predicted octanol–water partition coefficient (Wildman–Crippen LogP) is 3.02. The smallest absolute Gasteiger partial charge is 0.208 e. The van der Waals surface area contributed by atoms with Gasteiger partial charge in [0, 0.05) is 12.0 Å². The van der Waals surface area contributed by atoms with Crippen molar-refractivity contribution in [3.8, 4) is 5.75 Å². The molecule has 4 nitrogen and oxygen atoms in total. The van der Waals surface area contributed by atoms with Crippen molar-refractivity contribution in [1.29, 1.82) is 0 Å². The molecule has 3 heterocycles. The van der Waals surface area contributed by atoms with Gasteiger partial charge in [-0.05, 0) is 18.1 Å². The Morgan fingerprint density at radius 1 is 1.07 bits per heavy atom. The number of likely N-dealkylation sites (tertiary alicyclic amines) is 1. The van der Waals surface area contributed by atoms with Gasteiger partial charge in [0.15, 0.2) is 0 Å². The van der Waals surface area contributed by atoms with Crippen LogP contribution in [0.2, 0.25) is 0 Å². The number of quaternary nitrogens is 1. The van der Waals surface area contributed by atoms with Gasteiger partial charge in [-0.3, -0.25) is 0 Å². The molecule has 3 aliphatic heterocycles. The van der Waals surface area contributed by atoms with E-state index in [4.69, 9.17) is 9.84 Å². The maximum absolute atomic E-state index is 6.69. The van der Waals surface area contributed by atoms with E-state index in [1.807, 2.05) is 0 Å². The number of nitrogens with one attached hydrogen (secondary N) is 1. The van der Waals surface area contributed by atoms with Crippen molar-refractivity contribution in [3.05, 3.63) is 65.7 Å². The number of nitrogens with zero attached hydrogens (tertiary/aromatic N) is 2. The molecule has 0 aromatic heterocycles. The number of fused-ring (bicyclic) bond motifs is 4. The van der Waals surface area contributed by atoms with E-state index < -0.39 is 0 Å². The molecule has 2 aromatic rings. The van der Waals surface area contributed by atoms with E-state index >= 15 is 0 Å². The van der Waals surface area contributed by atoms with E-state index in [-0.39, 0.29) is 11.8 Å². The monoisotopic (exact) mass is 362 g/mol. The molecule has 0 aliphatic carbocycles. The lowest BCUT2D eigenvalue weighted by molar-refractivity contribution is -0.908. The summed E-state index contributed by atoms with van der Waals surface area (Å²) >= 11 is 0. The van der Waals surface area contributed by atoms with Crippen LogP contribution in [0.4, 0.5) is 0 Å². The van der Waals surface area contributed by atoms with Crippen LogP contribution in [0.15, 0.2) is 59.7 Å². The van der Waals surface area contributed by atoms with Crippen LogP contribution in [-0.4, -0.2) is 36.1 Å². The molecule has 1 saturated heterocycles. The number of para-hydroxylation sites is 1. The molecule has 0 bridgehead atoms. The number of piperidine rings is 1. The zero-order valence-corrected chi connectivity index (χ0v) is 16.0. The van der Waals surface area contributed by atoms with Crippen LogP contribution in [0, 0.1) is 0 Å². The maximum Gasteiger partial charge on any atom is 0.208 e. The van der Waals surface area contributed by atoms with Gasteiger partial charge in [0.1, 0.15) is 5.75 Å². The molecular formula is C23H28N3O+. The highest BCUT2D eigenvalue weighted by Gasteiger charge is 2.52. The van der Waals surface area contributed by atoms with E-state index in [2.05, 4.69) is 66.5 Å². The van der Waals surface area contributed by atoms with Crippen LogP contribution >= 0.6 is 0 Å². The summed E-state index contributed by atoms with van der Waals surface area (Å²) in [6.45, 7) is 5.86. The fraction of sp³-hybridized carbons (Fsp3) is 0.435. The predicted molar refractivity (Wildman–Crippen MR) is 107 cm³/mol. The second-order valence-corrected chi connectivity index (χ2v) is 8.06. The standard InChI is InChI=1S/C23H27N3O/c1-2-14-25-15-12-23(13-16-25)26-21(19-10-6-7-11-22(19)27-23)17-20(24-26)18-8-4-3-5-9-18/h3-11,21H,2,12-17H2,1H3/p+1/t21-/m1/s1. The van der Waals surface area contributed by atoms with Gasteiger partial charge >= 0.3 is 0 Å². The van der Waals surface area contributed by atoms with E-state index in [1.54, 1.807) is 4.90 Å². The Kier molecular flexibility index (Phi) is 4.16.